The monoisotopic (exact) mass is 513 g/mol. The first-order chi connectivity index (χ1) is 9.02. The third-order valence-corrected chi connectivity index (χ3v) is 6.43. The summed E-state index contributed by atoms with van der Waals surface area (Å²) < 4.78 is 3.62. The summed E-state index contributed by atoms with van der Waals surface area (Å²) in [5.74, 6) is 0. The van der Waals surface area contributed by atoms with Gasteiger partial charge in [-0.1, -0.05) is 22.9 Å². The number of halogens is 3. The Labute approximate surface area is 148 Å². The third kappa shape index (κ3) is 3.81. The average molecular weight is 515 g/mol. The van der Waals surface area contributed by atoms with E-state index in [2.05, 4.69) is 97.9 Å². The first-order valence-electron chi connectivity index (χ1n) is 5.97. The fraction of sp³-hybridized carbons (Fsp3) is 0.286. The Kier molecular flexibility index (Phi) is 5.90. The van der Waals surface area contributed by atoms with E-state index in [-0.39, 0.29) is 6.04 Å². The Morgan fingerprint density at radius 2 is 2.05 bits per heavy atom. The predicted octanol–water partition coefficient (Wildman–Crippen LogP) is 5.89. The van der Waals surface area contributed by atoms with E-state index in [1.54, 1.807) is 11.3 Å². The molecule has 2 aromatic rings. The molecule has 0 aliphatic rings. The molecule has 0 radical (unpaired) electrons. The molecule has 102 valence electrons. The Morgan fingerprint density at radius 1 is 1.32 bits per heavy atom. The molecule has 19 heavy (non-hydrogen) atoms. The van der Waals surface area contributed by atoms with Gasteiger partial charge in [-0.25, -0.2) is 0 Å². The topological polar surface area (TPSA) is 12.0 Å². The summed E-state index contributed by atoms with van der Waals surface area (Å²) in [5.41, 5.74) is 2.59. The molecule has 1 nitrogen and oxygen atoms in total. The summed E-state index contributed by atoms with van der Waals surface area (Å²) >= 11 is 11.5. The van der Waals surface area contributed by atoms with E-state index in [0.717, 1.165) is 11.0 Å². The molecule has 0 fully saturated rings. The second-order valence-corrected chi connectivity index (χ2v) is 8.76. The van der Waals surface area contributed by atoms with E-state index in [1.165, 1.54) is 23.4 Å². The second-order valence-electron chi connectivity index (χ2n) is 4.26. The molecule has 0 bridgehead atoms. The van der Waals surface area contributed by atoms with Crippen molar-refractivity contribution < 1.29 is 0 Å². The van der Waals surface area contributed by atoms with Crippen molar-refractivity contribution in [3.63, 3.8) is 0 Å². The maximum Gasteiger partial charge on any atom is 0.0731 e. The summed E-state index contributed by atoms with van der Waals surface area (Å²) in [6.07, 6.45) is 0. The Balaban J connectivity index is 2.47. The van der Waals surface area contributed by atoms with Crippen molar-refractivity contribution in [2.45, 2.75) is 19.9 Å². The number of thiophene rings is 1. The molecule has 1 heterocycles. The van der Waals surface area contributed by atoms with Crippen LogP contribution >= 0.6 is 65.8 Å². The van der Waals surface area contributed by atoms with Crippen LogP contribution in [0, 0.1) is 10.5 Å². The van der Waals surface area contributed by atoms with Crippen LogP contribution in [0.1, 0.15) is 29.0 Å². The molecule has 0 saturated carbocycles. The van der Waals surface area contributed by atoms with Gasteiger partial charge in [0, 0.05) is 12.9 Å². The van der Waals surface area contributed by atoms with E-state index in [1.807, 2.05) is 0 Å². The summed E-state index contributed by atoms with van der Waals surface area (Å²) in [4.78, 5) is 1.34. The fourth-order valence-corrected chi connectivity index (χ4v) is 4.59. The molecule has 1 atom stereocenters. The van der Waals surface area contributed by atoms with Crippen LogP contribution in [0.25, 0.3) is 0 Å². The highest BCUT2D eigenvalue weighted by Gasteiger charge is 2.19. The fourth-order valence-electron chi connectivity index (χ4n) is 1.93. The van der Waals surface area contributed by atoms with Crippen molar-refractivity contribution in [2.24, 2.45) is 0 Å². The van der Waals surface area contributed by atoms with Gasteiger partial charge in [-0.05, 0) is 87.4 Å². The van der Waals surface area contributed by atoms with Crippen molar-refractivity contribution in [2.75, 3.05) is 6.54 Å². The highest BCUT2D eigenvalue weighted by Crippen LogP contribution is 2.37. The number of rotatable bonds is 4. The zero-order valence-corrected chi connectivity index (χ0v) is 16.8. The minimum atomic E-state index is 0.240. The molecule has 0 spiro atoms. The third-order valence-electron chi connectivity index (χ3n) is 2.84. The van der Waals surface area contributed by atoms with E-state index >= 15 is 0 Å². The van der Waals surface area contributed by atoms with E-state index < -0.39 is 0 Å². The van der Waals surface area contributed by atoms with Gasteiger partial charge < -0.3 is 5.32 Å². The summed E-state index contributed by atoms with van der Waals surface area (Å²) in [6, 6.07) is 8.98. The lowest BCUT2D eigenvalue weighted by molar-refractivity contribution is 0.637. The largest absolute Gasteiger partial charge is 0.306 e. The van der Waals surface area contributed by atoms with Crippen LogP contribution in [0.3, 0.4) is 0 Å². The maximum absolute atomic E-state index is 3.67. The molecule has 0 aliphatic carbocycles. The summed E-state index contributed by atoms with van der Waals surface area (Å²) in [6.45, 7) is 5.22. The normalized spacial score (nSPS) is 12.7. The molecule has 0 aliphatic heterocycles. The van der Waals surface area contributed by atoms with Gasteiger partial charge in [0.1, 0.15) is 0 Å². The van der Waals surface area contributed by atoms with E-state index in [4.69, 9.17) is 0 Å². The molecule has 5 heteroatoms. The van der Waals surface area contributed by atoms with Gasteiger partial charge in [0.05, 0.1) is 9.83 Å². The minimum absolute atomic E-state index is 0.240. The van der Waals surface area contributed by atoms with Gasteiger partial charge in [-0.3, -0.25) is 0 Å². The first-order valence-corrected chi connectivity index (χ1v) is 9.45. The Bertz CT molecular complexity index is 563. The molecule has 1 aromatic heterocycles. The Morgan fingerprint density at radius 3 is 2.63 bits per heavy atom. The zero-order valence-electron chi connectivity index (χ0n) is 10.6. The van der Waals surface area contributed by atoms with Gasteiger partial charge in [0.2, 0.25) is 0 Å². The maximum atomic E-state index is 3.67. The highest BCUT2D eigenvalue weighted by molar-refractivity contribution is 14.1. The molecular weight excluding hydrogens is 501 g/mol. The molecule has 2 rings (SSSR count). The second kappa shape index (κ2) is 7.02. The van der Waals surface area contributed by atoms with Crippen molar-refractivity contribution in [1.82, 2.24) is 5.32 Å². The number of benzene rings is 1. The SMILES string of the molecule is CCNC(c1cc(C)c(Br)s1)c1cc(I)ccc1Br. The van der Waals surface area contributed by atoms with Gasteiger partial charge in [0.15, 0.2) is 0 Å². The lowest BCUT2D eigenvalue weighted by atomic mass is 10.0. The standard InChI is InChI=1S/C14H14Br2INS/c1-3-18-13(12-6-8(2)14(16)19-12)10-7-9(17)4-5-11(10)15/h4-7,13,18H,3H2,1-2H3. The number of aryl methyl sites for hydroxylation is 1. The van der Waals surface area contributed by atoms with Gasteiger partial charge in [-0.15, -0.1) is 11.3 Å². The molecule has 1 N–H and O–H groups in total. The minimum Gasteiger partial charge on any atom is -0.306 e. The first kappa shape index (κ1) is 15.9. The van der Waals surface area contributed by atoms with Crippen LogP contribution < -0.4 is 5.32 Å². The average Bonchev–Trinajstić information content (AvgIpc) is 2.70. The van der Waals surface area contributed by atoms with E-state index in [9.17, 15) is 0 Å². The number of nitrogens with one attached hydrogen (secondary N) is 1. The van der Waals surface area contributed by atoms with Crippen molar-refractivity contribution in [1.29, 1.82) is 0 Å². The highest BCUT2D eigenvalue weighted by atomic mass is 127. The number of hydrogen-bond donors (Lipinski definition) is 1. The molecular formula is C14H14Br2INS. The Hall–Kier alpha value is 0.570. The van der Waals surface area contributed by atoms with Crippen LogP contribution in [0.5, 0.6) is 0 Å². The molecule has 1 unspecified atom stereocenters. The van der Waals surface area contributed by atoms with Gasteiger partial charge >= 0.3 is 0 Å². The zero-order chi connectivity index (χ0) is 14.0. The van der Waals surface area contributed by atoms with Gasteiger partial charge in [-0.2, -0.15) is 0 Å². The molecule has 0 amide bonds. The lowest BCUT2D eigenvalue weighted by Crippen LogP contribution is -2.21. The van der Waals surface area contributed by atoms with Crippen molar-refractivity contribution in [3.8, 4) is 0 Å². The van der Waals surface area contributed by atoms with Crippen LogP contribution in [-0.4, -0.2) is 6.54 Å². The quantitative estimate of drug-likeness (QED) is 0.502. The summed E-state index contributed by atoms with van der Waals surface area (Å²) in [5, 5.41) is 3.58. The molecule has 1 aromatic carbocycles. The smallest absolute Gasteiger partial charge is 0.0731 e. The van der Waals surface area contributed by atoms with Crippen LogP contribution in [0.15, 0.2) is 32.5 Å². The molecule has 0 saturated heterocycles. The van der Waals surface area contributed by atoms with Crippen LogP contribution in [0.2, 0.25) is 0 Å². The van der Waals surface area contributed by atoms with Crippen LogP contribution in [0.4, 0.5) is 0 Å². The lowest BCUT2D eigenvalue weighted by Gasteiger charge is -2.19. The summed E-state index contributed by atoms with van der Waals surface area (Å²) in [7, 11) is 0. The van der Waals surface area contributed by atoms with Crippen LogP contribution in [-0.2, 0) is 0 Å². The number of hydrogen-bond acceptors (Lipinski definition) is 2. The van der Waals surface area contributed by atoms with E-state index in [0.29, 0.717) is 0 Å². The van der Waals surface area contributed by atoms with Crippen molar-refractivity contribution >= 4 is 65.8 Å². The predicted molar refractivity (Wildman–Crippen MR) is 99.1 cm³/mol. The van der Waals surface area contributed by atoms with Crippen molar-refractivity contribution in [3.05, 3.63) is 52.1 Å². The van der Waals surface area contributed by atoms with Gasteiger partial charge in [0.25, 0.3) is 0 Å².